The minimum atomic E-state index is 0.0533. The van der Waals surface area contributed by atoms with Crippen LogP contribution in [0.1, 0.15) is 34.2 Å². The predicted octanol–water partition coefficient (Wildman–Crippen LogP) is 6.33. The molecular formula is C24H20N4O4S4. The average molecular weight is 557 g/mol. The van der Waals surface area contributed by atoms with Gasteiger partial charge in [-0.2, -0.15) is 17.5 Å². The molecule has 0 amide bonds. The van der Waals surface area contributed by atoms with Crippen molar-refractivity contribution in [2.75, 3.05) is 28.4 Å². The Bertz CT molecular complexity index is 1600. The molecule has 5 aromatic rings. The number of hydrogen-bond donors (Lipinski definition) is 0. The zero-order chi connectivity index (χ0) is 24.8. The molecule has 8 nitrogen and oxygen atoms in total. The van der Waals surface area contributed by atoms with Gasteiger partial charge in [0, 0.05) is 33.4 Å². The van der Waals surface area contributed by atoms with E-state index < -0.39 is 0 Å². The molecule has 0 saturated heterocycles. The molecule has 0 aliphatic heterocycles. The summed E-state index contributed by atoms with van der Waals surface area (Å²) in [5.74, 6) is 2.97. The SMILES string of the molecule is COc1csc(-c2ccc(C3=CCC(c4scc(OC)c4OC)c4nsnc43)c3nsnc23)c1OC. The fraction of sp³-hybridized carbons (Fsp3) is 0.250. The molecule has 0 radical (unpaired) electrons. The van der Waals surface area contributed by atoms with Crippen molar-refractivity contribution in [2.24, 2.45) is 0 Å². The number of rotatable bonds is 7. The van der Waals surface area contributed by atoms with Crippen LogP contribution in [0.3, 0.4) is 0 Å². The largest absolute Gasteiger partial charge is 0.492 e. The standard InChI is InChI=1S/C24H20N4O4S4/c1-29-15-9-33-23(21(15)31-3)13-7-5-11(17-19(13)27-35-25-17)12-6-8-14(20-18(12)26-36-28-20)24-22(32-4)16(30-2)10-34-24/h5-7,9-10,14H,8H2,1-4H3. The van der Waals surface area contributed by atoms with Gasteiger partial charge < -0.3 is 18.9 Å². The molecule has 36 heavy (non-hydrogen) atoms. The van der Waals surface area contributed by atoms with E-state index in [0.717, 1.165) is 66.8 Å². The van der Waals surface area contributed by atoms with Gasteiger partial charge in [0.25, 0.3) is 0 Å². The van der Waals surface area contributed by atoms with Crippen LogP contribution in [0.4, 0.5) is 0 Å². The highest BCUT2D eigenvalue weighted by Crippen LogP contribution is 2.50. The normalized spacial score (nSPS) is 15.0. The third kappa shape index (κ3) is 3.51. The molecule has 6 rings (SSSR count). The van der Waals surface area contributed by atoms with Crippen molar-refractivity contribution < 1.29 is 18.9 Å². The summed E-state index contributed by atoms with van der Waals surface area (Å²) in [5, 5.41) is 3.92. The van der Waals surface area contributed by atoms with Crippen molar-refractivity contribution in [1.29, 1.82) is 0 Å². The molecular weight excluding hydrogens is 537 g/mol. The Labute approximate surface area is 223 Å². The van der Waals surface area contributed by atoms with E-state index in [1.54, 1.807) is 51.1 Å². The van der Waals surface area contributed by atoms with Gasteiger partial charge >= 0.3 is 0 Å². The highest BCUT2D eigenvalue weighted by molar-refractivity contribution is 7.14. The van der Waals surface area contributed by atoms with Gasteiger partial charge in [0.05, 0.1) is 67.3 Å². The van der Waals surface area contributed by atoms with Gasteiger partial charge in [-0.1, -0.05) is 18.2 Å². The monoisotopic (exact) mass is 556 g/mol. The van der Waals surface area contributed by atoms with Crippen LogP contribution in [0, 0.1) is 0 Å². The third-order valence-electron chi connectivity index (χ3n) is 6.23. The number of aromatic nitrogens is 4. The summed E-state index contributed by atoms with van der Waals surface area (Å²) in [4.78, 5) is 2.05. The molecule has 1 atom stereocenters. The molecule has 0 fully saturated rings. The fourth-order valence-corrected chi connectivity index (χ4v) is 7.87. The number of ether oxygens (including phenoxy) is 4. The molecule has 4 heterocycles. The van der Waals surface area contributed by atoms with E-state index >= 15 is 0 Å². The van der Waals surface area contributed by atoms with E-state index in [9.17, 15) is 0 Å². The maximum Gasteiger partial charge on any atom is 0.179 e. The molecule has 1 unspecified atom stereocenters. The molecule has 1 aromatic carbocycles. The number of thiophene rings is 2. The summed E-state index contributed by atoms with van der Waals surface area (Å²) in [5.41, 5.74) is 6.48. The zero-order valence-corrected chi connectivity index (χ0v) is 23.0. The van der Waals surface area contributed by atoms with Crippen LogP contribution in [0.15, 0.2) is 29.0 Å². The van der Waals surface area contributed by atoms with Gasteiger partial charge in [0.15, 0.2) is 23.0 Å². The van der Waals surface area contributed by atoms with Gasteiger partial charge in [-0.15, -0.1) is 22.7 Å². The smallest absolute Gasteiger partial charge is 0.179 e. The lowest BCUT2D eigenvalue weighted by Crippen LogP contribution is -2.09. The van der Waals surface area contributed by atoms with Gasteiger partial charge in [0.2, 0.25) is 0 Å². The average Bonchev–Trinajstić information content (AvgIpc) is 3.72. The second-order valence-corrected chi connectivity index (χ2v) is 10.7. The molecule has 1 aliphatic rings. The Morgan fingerprint density at radius 3 is 2.17 bits per heavy atom. The number of methoxy groups -OCH3 is 4. The fourth-order valence-electron chi connectivity index (χ4n) is 4.57. The van der Waals surface area contributed by atoms with Gasteiger partial charge in [-0.05, 0) is 6.42 Å². The highest BCUT2D eigenvalue weighted by atomic mass is 32.1. The first kappa shape index (κ1) is 23.3. The number of fused-ring (bicyclic) bond motifs is 2. The van der Waals surface area contributed by atoms with Crippen molar-refractivity contribution in [3.05, 3.63) is 50.8 Å². The number of hydrogen-bond acceptors (Lipinski definition) is 12. The second-order valence-electron chi connectivity index (χ2n) is 7.89. The van der Waals surface area contributed by atoms with E-state index in [1.165, 1.54) is 23.5 Å². The maximum absolute atomic E-state index is 5.68. The summed E-state index contributed by atoms with van der Waals surface area (Å²) in [6.45, 7) is 0. The van der Waals surface area contributed by atoms with E-state index in [1.807, 2.05) is 10.8 Å². The minimum Gasteiger partial charge on any atom is -0.492 e. The van der Waals surface area contributed by atoms with Crippen LogP contribution in [0.5, 0.6) is 23.0 Å². The molecule has 0 N–H and O–H groups in total. The lowest BCUT2D eigenvalue weighted by atomic mass is 9.85. The second kappa shape index (κ2) is 9.43. The van der Waals surface area contributed by atoms with Crippen LogP contribution in [-0.2, 0) is 0 Å². The van der Waals surface area contributed by atoms with E-state index in [4.69, 9.17) is 27.7 Å². The van der Waals surface area contributed by atoms with Crippen molar-refractivity contribution >= 4 is 62.7 Å². The van der Waals surface area contributed by atoms with Crippen molar-refractivity contribution in [3.8, 4) is 33.4 Å². The van der Waals surface area contributed by atoms with Gasteiger partial charge in [-0.3, -0.25) is 0 Å². The molecule has 0 saturated carbocycles. The van der Waals surface area contributed by atoms with Gasteiger partial charge in [-0.25, -0.2) is 0 Å². The molecule has 184 valence electrons. The maximum atomic E-state index is 5.68. The lowest BCUT2D eigenvalue weighted by Gasteiger charge is -2.21. The highest BCUT2D eigenvalue weighted by Gasteiger charge is 2.33. The van der Waals surface area contributed by atoms with Crippen molar-refractivity contribution in [1.82, 2.24) is 17.5 Å². The summed E-state index contributed by atoms with van der Waals surface area (Å²) in [6.07, 6.45) is 2.99. The van der Waals surface area contributed by atoms with Crippen molar-refractivity contribution in [3.63, 3.8) is 0 Å². The summed E-state index contributed by atoms with van der Waals surface area (Å²) >= 11 is 5.61. The number of nitrogens with zero attached hydrogens (tertiary/aromatic N) is 4. The van der Waals surface area contributed by atoms with Crippen LogP contribution >= 0.6 is 46.1 Å². The Morgan fingerprint density at radius 1 is 0.750 bits per heavy atom. The first-order valence-electron chi connectivity index (χ1n) is 10.9. The van der Waals surface area contributed by atoms with Crippen LogP contribution in [0.2, 0.25) is 0 Å². The van der Waals surface area contributed by atoms with E-state index in [-0.39, 0.29) is 5.92 Å². The van der Waals surface area contributed by atoms with Crippen LogP contribution < -0.4 is 18.9 Å². The Hall–Kier alpha value is -3.06. The van der Waals surface area contributed by atoms with E-state index in [0.29, 0.717) is 11.5 Å². The predicted molar refractivity (Wildman–Crippen MR) is 145 cm³/mol. The van der Waals surface area contributed by atoms with Gasteiger partial charge in [0.1, 0.15) is 16.7 Å². The Kier molecular flexibility index (Phi) is 6.12. The number of allylic oxidation sites excluding steroid dienone is 1. The number of benzene rings is 1. The first-order chi connectivity index (χ1) is 17.7. The molecule has 0 bridgehead atoms. The summed E-state index contributed by atoms with van der Waals surface area (Å²) < 4.78 is 41.0. The molecule has 12 heteroatoms. The quantitative estimate of drug-likeness (QED) is 0.230. The molecule has 1 aliphatic carbocycles. The summed E-state index contributed by atoms with van der Waals surface area (Å²) in [7, 11) is 6.62. The third-order valence-corrected chi connectivity index (χ3v) is 9.33. The topological polar surface area (TPSA) is 88.5 Å². The minimum absolute atomic E-state index is 0.0533. The Morgan fingerprint density at radius 2 is 1.42 bits per heavy atom. The first-order valence-corrected chi connectivity index (χ1v) is 14.1. The lowest BCUT2D eigenvalue weighted by molar-refractivity contribution is 0.354. The summed E-state index contributed by atoms with van der Waals surface area (Å²) in [6, 6.07) is 4.17. The Balaban J connectivity index is 1.45. The molecule has 4 aromatic heterocycles. The van der Waals surface area contributed by atoms with Crippen LogP contribution in [-0.4, -0.2) is 45.9 Å². The van der Waals surface area contributed by atoms with E-state index in [2.05, 4.69) is 27.0 Å². The zero-order valence-electron chi connectivity index (χ0n) is 19.7. The van der Waals surface area contributed by atoms with Crippen LogP contribution in [0.25, 0.3) is 27.0 Å². The molecule has 0 spiro atoms. The van der Waals surface area contributed by atoms with Crippen molar-refractivity contribution in [2.45, 2.75) is 12.3 Å².